The van der Waals surface area contributed by atoms with Gasteiger partial charge in [0.1, 0.15) is 0 Å². The Morgan fingerprint density at radius 3 is 3.07 bits per heavy atom. The van der Waals surface area contributed by atoms with Crippen molar-refractivity contribution in [2.24, 2.45) is 0 Å². The first-order valence-electron chi connectivity index (χ1n) is 4.43. The van der Waals surface area contributed by atoms with Gasteiger partial charge in [0.05, 0.1) is 6.10 Å². The third-order valence-corrected chi connectivity index (χ3v) is 4.62. The van der Waals surface area contributed by atoms with E-state index >= 15 is 0 Å². The van der Waals surface area contributed by atoms with E-state index in [1.54, 1.807) is 17.5 Å². The number of nitrogens with zero attached hydrogens (tertiary/aromatic N) is 1. The van der Waals surface area contributed by atoms with Crippen LogP contribution in [-0.4, -0.2) is 16.0 Å². The number of hydrogen-bond acceptors (Lipinski definition) is 4. The number of aromatic nitrogens is 1. The maximum absolute atomic E-state index is 11.8. The number of hydrogen-bond donors (Lipinski definition) is 1. The predicted octanol–water partition coefficient (Wildman–Crippen LogP) is 1.86. The lowest BCUT2D eigenvalue weighted by Crippen LogP contribution is -2.14. The van der Waals surface area contributed by atoms with Gasteiger partial charge in [-0.15, -0.1) is 11.3 Å². The highest BCUT2D eigenvalue weighted by atomic mass is 32.1. The Balaban J connectivity index is 2.08. The molecule has 1 N–H and O–H groups in total. The predicted molar refractivity (Wildman–Crippen MR) is 59.3 cm³/mol. The Morgan fingerprint density at radius 1 is 1.60 bits per heavy atom. The van der Waals surface area contributed by atoms with Gasteiger partial charge in [0.2, 0.25) is 4.75 Å². The highest BCUT2D eigenvalue weighted by Crippen LogP contribution is 2.43. The molecular formula is C9H10NO3PS. The van der Waals surface area contributed by atoms with Gasteiger partial charge < -0.3 is 4.89 Å². The molecule has 0 spiro atoms. The summed E-state index contributed by atoms with van der Waals surface area (Å²) in [4.78, 5) is 13.4. The molecule has 0 amide bonds. The Morgan fingerprint density at radius 2 is 2.47 bits per heavy atom. The van der Waals surface area contributed by atoms with Crippen molar-refractivity contribution in [3.8, 4) is 0 Å². The fraction of sp³-hybridized carbons (Fsp3) is 0.222. The molecule has 80 valence electrons. The first-order valence-corrected chi connectivity index (χ1v) is 6.89. The average Bonchev–Trinajstić information content (AvgIpc) is 2.71. The Bertz CT molecular complexity index is 427. The van der Waals surface area contributed by atoms with Gasteiger partial charge in [-0.3, -0.25) is 9.09 Å². The summed E-state index contributed by atoms with van der Waals surface area (Å²) in [5, 5.41) is 1.65. The van der Waals surface area contributed by atoms with E-state index in [2.05, 4.69) is 4.98 Å². The molecule has 1 aliphatic rings. The van der Waals surface area contributed by atoms with Crippen molar-refractivity contribution in [1.29, 1.82) is 0 Å². The van der Waals surface area contributed by atoms with Gasteiger partial charge in [-0.05, 0) is 6.42 Å². The van der Waals surface area contributed by atoms with Crippen molar-refractivity contribution in [2.45, 2.75) is 12.5 Å². The average molecular weight is 243 g/mol. The highest BCUT2D eigenvalue weighted by Gasteiger charge is 2.28. The van der Waals surface area contributed by atoms with Crippen LogP contribution in [-0.2, 0) is 9.09 Å². The number of allylic oxidation sites excluding steroid dienone is 2. The van der Waals surface area contributed by atoms with Crippen LogP contribution < -0.4 is 4.75 Å². The van der Waals surface area contributed by atoms with Crippen LogP contribution in [0.25, 0.3) is 0 Å². The first-order chi connectivity index (χ1) is 7.18. The minimum Gasteiger partial charge on any atom is -0.319 e. The van der Waals surface area contributed by atoms with Gasteiger partial charge in [0, 0.05) is 11.6 Å². The van der Waals surface area contributed by atoms with Crippen molar-refractivity contribution >= 4 is 23.7 Å². The summed E-state index contributed by atoms with van der Waals surface area (Å²) in [6.45, 7) is 0. The van der Waals surface area contributed by atoms with E-state index in [-0.39, 0.29) is 10.9 Å². The summed E-state index contributed by atoms with van der Waals surface area (Å²) < 4.78 is 17.1. The van der Waals surface area contributed by atoms with E-state index in [9.17, 15) is 9.46 Å². The Kier molecular flexibility index (Phi) is 3.17. The molecule has 2 unspecified atom stereocenters. The summed E-state index contributed by atoms with van der Waals surface area (Å²) in [6.07, 6.45) is 9.11. The largest absolute Gasteiger partial charge is 0.387 e. The molecule has 0 saturated heterocycles. The summed E-state index contributed by atoms with van der Waals surface area (Å²) in [5.41, 5.74) is 0. The molecule has 0 bridgehead atoms. The maximum Gasteiger partial charge on any atom is 0.387 e. The second-order valence-electron chi connectivity index (χ2n) is 3.03. The van der Waals surface area contributed by atoms with Crippen LogP contribution in [0.2, 0.25) is 0 Å². The second kappa shape index (κ2) is 4.41. The van der Waals surface area contributed by atoms with Gasteiger partial charge >= 0.3 is 7.60 Å². The van der Waals surface area contributed by atoms with Crippen molar-refractivity contribution in [3.05, 3.63) is 35.9 Å². The minimum atomic E-state index is -3.74. The van der Waals surface area contributed by atoms with Crippen LogP contribution in [0.3, 0.4) is 0 Å². The minimum absolute atomic E-state index is 0.144. The van der Waals surface area contributed by atoms with Crippen LogP contribution in [0.1, 0.15) is 6.42 Å². The van der Waals surface area contributed by atoms with Crippen molar-refractivity contribution in [1.82, 2.24) is 4.98 Å². The molecule has 0 saturated carbocycles. The van der Waals surface area contributed by atoms with Crippen molar-refractivity contribution in [3.63, 3.8) is 0 Å². The lowest BCUT2D eigenvalue weighted by molar-refractivity contribution is 0.220. The lowest BCUT2D eigenvalue weighted by atomic mass is 10.1. The van der Waals surface area contributed by atoms with Gasteiger partial charge in [-0.1, -0.05) is 24.3 Å². The summed E-state index contributed by atoms with van der Waals surface area (Å²) >= 11 is 1.13. The van der Waals surface area contributed by atoms with Crippen molar-refractivity contribution in [2.75, 3.05) is 0 Å². The van der Waals surface area contributed by atoms with Gasteiger partial charge in [0.15, 0.2) is 0 Å². The zero-order valence-electron chi connectivity index (χ0n) is 7.81. The molecule has 0 radical (unpaired) electrons. The third kappa shape index (κ3) is 2.63. The topological polar surface area (TPSA) is 59.4 Å². The molecule has 0 aliphatic heterocycles. The van der Waals surface area contributed by atoms with Crippen molar-refractivity contribution < 1.29 is 14.0 Å². The van der Waals surface area contributed by atoms with Crippen LogP contribution in [0.4, 0.5) is 0 Å². The quantitative estimate of drug-likeness (QED) is 0.823. The van der Waals surface area contributed by atoms with Crippen LogP contribution in [0, 0.1) is 0 Å². The van der Waals surface area contributed by atoms with Gasteiger partial charge in [0.25, 0.3) is 0 Å². The molecule has 4 nitrogen and oxygen atoms in total. The van der Waals surface area contributed by atoms with E-state index in [0.717, 1.165) is 11.3 Å². The van der Waals surface area contributed by atoms with Gasteiger partial charge in [-0.25, -0.2) is 4.98 Å². The van der Waals surface area contributed by atoms with E-state index in [1.165, 1.54) is 6.20 Å². The molecular weight excluding hydrogens is 233 g/mol. The molecule has 1 heterocycles. The highest BCUT2D eigenvalue weighted by molar-refractivity contribution is 7.67. The molecule has 2 rings (SSSR count). The number of thiazole rings is 1. The molecule has 1 aromatic heterocycles. The third-order valence-electron chi connectivity index (χ3n) is 1.88. The lowest BCUT2D eigenvalue weighted by Gasteiger charge is -2.17. The van der Waals surface area contributed by atoms with E-state index in [1.807, 2.05) is 12.2 Å². The standard InChI is InChI=1S/C9H10NO3PS/c11-14(12,9-10-6-7-15-9)13-8-4-2-1-3-5-8/h1-4,6-8H,5H2,(H,11,12). The SMILES string of the molecule is O=P(O)(OC1C=CC=CC1)c1nccs1. The van der Waals surface area contributed by atoms with Crippen LogP contribution in [0.15, 0.2) is 35.9 Å². The fourth-order valence-corrected chi connectivity index (χ4v) is 3.26. The summed E-state index contributed by atoms with van der Waals surface area (Å²) in [5.74, 6) is 0. The van der Waals surface area contributed by atoms with E-state index < -0.39 is 7.60 Å². The molecule has 1 aliphatic carbocycles. The van der Waals surface area contributed by atoms with E-state index in [4.69, 9.17) is 4.52 Å². The smallest absolute Gasteiger partial charge is 0.319 e. The van der Waals surface area contributed by atoms with Gasteiger partial charge in [-0.2, -0.15) is 0 Å². The van der Waals surface area contributed by atoms with E-state index in [0.29, 0.717) is 6.42 Å². The first kappa shape index (κ1) is 10.8. The zero-order chi connectivity index (χ0) is 10.7. The molecule has 0 fully saturated rings. The second-order valence-corrected chi connectivity index (χ2v) is 5.90. The summed E-state index contributed by atoms with van der Waals surface area (Å²) in [7, 11) is -3.74. The Labute approximate surface area is 91.5 Å². The number of rotatable bonds is 3. The molecule has 6 heteroatoms. The maximum atomic E-state index is 11.8. The molecule has 15 heavy (non-hydrogen) atoms. The Hall–Kier alpha value is -0.740. The normalized spacial score (nSPS) is 23.9. The molecule has 0 aromatic carbocycles. The zero-order valence-corrected chi connectivity index (χ0v) is 9.53. The molecule has 2 atom stereocenters. The molecule has 1 aromatic rings. The van der Waals surface area contributed by atoms with Crippen LogP contribution in [0.5, 0.6) is 0 Å². The monoisotopic (exact) mass is 243 g/mol. The fourth-order valence-electron chi connectivity index (χ4n) is 1.22. The summed E-state index contributed by atoms with van der Waals surface area (Å²) in [6, 6.07) is 0. The van der Waals surface area contributed by atoms with Crippen LogP contribution >= 0.6 is 18.9 Å².